The SMILES string of the molecule is CC(C)(C)c1ccnc(-n2c3[c-]c(Oc4[c-]c(N5[CH-]N(C6CCCC6)c6ccncc65)ccc4)ccc3c3ccccc32)c1.[Pt]. The second-order valence-electron chi connectivity index (χ2n) is 12.8. The van der Waals surface area contributed by atoms with Crippen molar-refractivity contribution < 1.29 is 25.8 Å². The van der Waals surface area contributed by atoms with Gasteiger partial charge in [-0.1, -0.05) is 57.3 Å². The van der Waals surface area contributed by atoms with Crippen LogP contribution in [-0.2, 0) is 26.5 Å². The summed E-state index contributed by atoms with van der Waals surface area (Å²) in [5.41, 5.74) is 6.43. The Morgan fingerprint density at radius 1 is 0.844 bits per heavy atom. The maximum absolute atomic E-state index is 6.45. The molecule has 0 atom stereocenters. The van der Waals surface area contributed by atoms with Crippen LogP contribution in [0, 0.1) is 18.8 Å². The van der Waals surface area contributed by atoms with Gasteiger partial charge in [-0.3, -0.25) is 4.98 Å². The van der Waals surface area contributed by atoms with Crippen molar-refractivity contribution in [3.63, 3.8) is 0 Å². The Morgan fingerprint density at radius 2 is 1.67 bits per heavy atom. The van der Waals surface area contributed by atoms with Gasteiger partial charge in [-0.05, 0) is 53.5 Å². The van der Waals surface area contributed by atoms with Gasteiger partial charge in [0.1, 0.15) is 5.82 Å². The maximum atomic E-state index is 6.45. The Kier molecular flexibility index (Phi) is 7.65. The molecule has 6 nitrogen and oxygen atoms in total. The molecule has 0 spiro atoms. The van der Waals surface area contributed by atoms with E-state index in [4.69, 9.17) is 9.72 Å². The molecule has 1 saturated carbocycles. The van der Waals surface area contributed by atoms with Gasteiger partial charge in [-0.2, -0.15) is 18.8 Å². The van der Waals surface area contributed by atoms with Crippen LogP contribution < -0.4 is 14.5 Å². The number of pyridine rings is 2. The van der Waals surface area contributed by atoms with Crippen molar-refractivity contribution in [1.82, 2.24) is 14.5 Å². The zero-order chi connectivity index (χ0) is 29.8. The molecule has 8 rings (SSSR count). The van der Waals surface area contributed by atoms with Crippen LogP contribution in [0.1, 0.15) is 52.0 Å². The second kappa shape index (κ2) is 11.6. The van der Waals surface area contributed by atoms with E-state index in [9.17, 15) is 0 Å². The van der Waals surface area contributed by atoms with Crippen LogP contribution in [-0.4, -0.2) is 20.6 Å². The number of hydrogen-bond acceptors (Lipinski definition) is 5. The van der Waals surface area contributed by atoms with Gasteiger partial charge in [-0.15, -0.1) is 41.4 Å². The summed E-state index contributed by atoms with van der Waals surface area (Å²) in [7, 11) is 0. The van der Waals surface area contributed by atoms with E-state index in [1.54, 1.807) is 0 Å². The fourth-order valence-electron chi connectivity index (χ4n) is 6.63. The number of fused-ring (bicyclic) bond motifs is 4. The minimum atomic E-state index is 0. The van der Waals surface area contributed by atoms with Crippen molar-refractivity contribution in [2.45, 2.75) is 57.9 Å². The van der Waals surface area contributed by atoms with E-state index >= 15 is 0 Å². The molecule has 0 bridgehead atoms. The molecule has 7 heteroatoms. The average Bonchev–Trinajstić information content (AvgIpc) is 3.77. The number of para-hydroxylation sites is 1. The largest absolute Gasteiger partial charge is 0.509 e. The van der Waals surface area contributed by atoms with Crippen molar-refractivity contribution in [2.24, 2.45) is 0 Å². The molecule has 4 heterocycles. The monoisotopic (exact) mass is 771 g/mol. The minimum absolute atomic E-state index is 0. The van der Waals surface area contributed by atoms with Crippen molar-refractivity contribution in [1.29, 1.82) is 0 Å². The van der Waals surface area contributed by atoms with Crippen molar-refractivity contribution >= 4 is 38.9 Å². The van der Waals surface area contributed by atoms with E-state index in [2.05, 4.69) is 114 Å². The van der Waals surface area contributed by atoms with Crippen molar-refractivity contribution in [3.8, 4) is 17.3 Å². The van der Waals surface area contributed by atoms with Crippen LogP contribution in [0.5, 0.6) is 11.5 Å². The average molecular weight is 772 g/mol. The molecule has 1 aliphatic carbocycles. The molecule has 45 heavy (non-hydrogen) atoms. The molecule has 3 aromatic heterocycles. The second-order valence-corrected chi connectivity index (χ2v) is 12.8. The normalized spacial score (nSPS) is 15.1. The quantitative estimate of drug-likeness (QED) is 0.164. The Hall–Kier alpha value is -4.15. The predicted octanol–water partition coefficient (Wildman–Crippen LogP) is 9.28. The third kappa shape index (κ3) is 5.29. The van der Waals surface area contributed by atoms with Crippen molar-refractivity contribution in [2.75, 3.05) is 9.80 Å². The summed E-state index contributed by atoms with van der Waals surface area (Å²) in [6.45, 7) is 8.87. The molecule has 0 radical (unpaired) electrons. The molecule has 2 aliphatic rings. The standard InChI is InChI=1S/C38H34N5O.Pt/c1-38(2,3)26-17-20-40-37(21-26)43-33-14-7-6-13-31(33)32-16-15-30(23-35(32)43)44-29-12-8-11-28(22-29)42-25-41(27-9-4-5-10-27)34-18-19-39-24-36(34)42;/h6-8,11-21,24-25,27H,4-5,9-10H2,1-3H3;/q-3;. The van der Waals surface area contributed by atoms with E-state index in [1.165, 1.54) is 36.9 Å². The Balaban J connectivity index is 0.00000325. The fourth-order valence-corrected chi connectivity index (χ4v) is 6.63. The van der Waals surface area contributed by atoms with Crippen LogP contribution in [0.4, 0.5) is 17.1 Å². The van der Waals surface area contributed by atoms with Crippen LogP contribution in [0.15, 0.2) is 91.4 Å². The van der Waals surface area contributed by atoms with Gasteiger partial charge >= 0.3 is 0 Å². The van der Waals surface area contributed by atoms with Gasteiger partial charge in [0.25, 0.3) is 0 Å². The maximum Gasteiger partial charge on any atom is 0.135 e. The molecule has 230 valence electrons. The summed E-state index contributed by atoms with van der Waals surface area (Å²) in [5.74, 6) is 2.13. The third-order valence-electron chi connectivity index (χ3n) is 8.90. The van der Waals surface area contributed by atoms with E-state index in [1.807, 2.05) is 36.8 Å². The molecule has 3 aromatic carbocycles. The molecule has 0 saturated heterocycles. The van der Waals surface area contributed by atoms with Gasteiger partial charge < -0.3 is 19.1 Å². The Labute approximate surface area is 278 Å². The van der Waals surface area contributed by atoms with Gasteiger partial charge in [0.05, 0.1) is 5.69 Å². The number of hydrogen-bond donors (Lipinski definition) is 0. The number of ether oxygens (including phenoxy) is 1. The number of benzene rings is 3. The Morgan fingerprint density at radius 3 is 2.51 bits per heavy atom. The minimum Gasteiger partial charge on any atom is -0.509 e. The third-order valence-corrected chi connectivity index (χ3v) is 8.90. The number of aromatic nitrogens is 3. The van der Waals surface area contributed by atoms with Crippen LogP contribution in [0.25, 0.3) is 27.6 Å². The number of anilines is 3. The molecule has 0 unspecified atom stereocenters. The summed E-state index contributed by atoms with van der Waals surface area (Å²) in [6, 6.07) is 32.6. The van der Waals surface area contributed by atoms with Gasteiger partial charge in [0.15, 0.2) is 0 Å². The first-order valence-electron chi connectivity index (χ1n) is 15.4. The topological polar surface area (TPSA) is 46.4 Å². The molecule has 0 amide bonds. The zero-order valence-corrected chi connectivity index (χ0v) is 27.9. The molecule has 6 aromatic rings. The van der Waals surface area contributed by atoms with E-state index in [0.29, 0.717) is 17.5 Å². The smallest absolute Gasteiger partial charge is 0.135 e. The number of nitrogens with zero attached hydrogens (tertiary/aromatic N) is 5. The summed E-state index contributed by atoms with van der Waals surface area (Å²) in [5, 5.41) is 2.27. The van der Waals surface area contributed by atoms with E-state index < -0.39 is 0 Å². The summed E-state index contributed by atoms with van der Waals surface area (Å²) >= 11 is 0. The van der Waals surface area contributed by atoms with Crippen LogP contribution in [0.2, 0.25) is 0 Å². The summed E-state index contributed by atoms with van der Waals surface area (Å²) < 4.78 is 8.64. The molecular weight excluding hydrogens is 738 g/mol. The van der Waals surface area contributed by atoms with Crippen molar-refractivity contribution in [3.05, 3.63) is 116 Å². The van der Waals surface area contributed by atoms with Crippen LogP contribution >= 0.6 is 0 Å². The van der Waals surface area contributed by atoms with Gasteiger partial charge in [0.2, 0.25) is 0 Å². The number of rotatable bonds is 5. The molecule has 0 N–H and O–H groups in total. The first kappa shape index (κ1) is 29.6. The zero-order valence-electron chi connectivity index (χ0n) is 25.6. The summed E-state index contributed by atoms with van der Waals surface area (Å²) in [4.78, 5) is 13.8. The first-order valence-corrected chi connectivity index (χ1v) is 15.4. The fraction of sp³-hybridized carbons (Fsp3) is 0.237. The molecule has 1 aliphatic heterocycles. The molecular formula is C38H34N5OPt-3. The van der Waals surface area contributed by atoms with E-state index in [-0.39, 0.29) is 26.5 Å². The first-order chi connectivity index (χ1) is 21.4. The Bertz CT molecular complexity index is 2010. The van der Waals surface area contributed by atoms with Gasteiger partial charge in [-0.25, -0.2) is 4.98 Å². The van der Waals surface area contributed by atoms with Gasteiger partial charge in [0, 0.05) is 68.4 Å². The van der Waals surface area contributed by atoms with Crippen LogP contribution in [0.3, 0.4) is 0 Å². The van der Waals surface area contributed by atoms with E-state index in [0.717, 1.165) is 39.0 Å². The predicted molar refractivity (Wildman–Crippen MR) is 177 cm³/mol. The molecule has 1 fully saturated rings. The summed E-state index contributed by atoms with van der Waals surface area (Å²) in [6.07, 6.45) is 10.7.